The minimum absolute atomic E-state index is 0.264. The number of ether oxygens (including phenoxy) is 1. The van der Waals surface area contributed by atoms with E-state index < -0.39 is 0 Å². The Morgan fingerprint density at radius 3 is 2.52 bits per heavy atom. The minimum atomic E-state index is -0.264. The monoisotopic (exact) mass is 566 g/mol. The van der Waals surface area contributed by atoms with E-state index in [-0.39, 0.29) is 5.91 Å². The Kier molecular flexibility index (Phi) is 8.34. The fourth-order valence-electron chi connectivity index (χ4n) is 5.88. The second-order valence-electron chi connectivity index (χ2n) is 10.8. The zero-order valence-electron chi connectivity index (χ0n) is 24.1. The Balaban J connectivity index is 1.23. The molecule has 10 heteroatoms. The van der Waals surface area contributed by atoms with Crippen LogP contribution < -0.4 is 20.3 Å². The van der Waals surface area contributed by atoms with E-state index in [1.165, 1.54) is 32.0 Å². The summed E-state index contributed by atoms with van der Waals surface area (Å²) in [4.78, 5) is 32.1. The molecular formula is C32H38N8O2. The molecular weight excluding hydrogens is 528 g/mol. The Morgan fingerprint density at radius 2 is 1.76 bits per heavy atom. The predicted molar refractivity (Wildman–Crippen MR) is 169 cm³/mol. The van der Waals surface area contributed by atoms with Crippen LogP contribution in [0.5, 0.6) is 5.75 Å². The molecule has 3 N–H and O–H groups in total. The van der Waals surface area contributed by atoms with Gasteiger partial charge in [0.05, 0.1) is 29.9 Å². The maximum absolute atomic E-state index is 12.5. The summed E-state index contributed by atoms with van der Waals surface area (Å²) in [5.74, 6) is 1.01. The van der Waals surface area contributed by atoms with Gasteiger partial charge in [-0.25, -0.2) is 9.97 Å². The highest BCUT2D eigenvalue weighted by Crippen LogP contribution is 2.39. The molecule has 4 heterocycles. The van der Waals surface area contributed by atoms with Gasteiger partial charge in [-0.3, -0.25) is 9.69 Å². The number of methoxy groups -OCH3 is 1. The molecule has 2 fully saturated rings. The van der Waals surface area contributed by atoms with Gasteiger partial charge in [0.25, 0.3) is 0 Å². The zero-order chi connectivity index (χ0) is 28.9. The summed E-state index contributed by atoms with van der Waals surface area (Å²) < 4.78 is 5.83. The van der Waals surface area contributed by atoms with E-state index in [1.807, 2.05) is 42.6 Å². The lowest BCUT2D eigenvalue weighted by Crippen LogP contribution is -2.48. The van der Waals surface area contributed by atoms with Gasteiger partial charge in [0.1, 0.15) is 17.9 Å². The van der Waals surface area contributed by atoms with Crippen LogP contribution in [0.4, 0.5) is 22.9 Å². The number of rotatable bonds is 10. The highest BCUT2D eigenvalue weighted by molar-refractivity contribution is 6.02. The van der Waals surface area contributed by atoms with Crippen molar-refractivity contribution in [2.75, 3.05) is 75.0 Å². The standard InChI is InChI=1S/C32H38N8O2/c1-3-32(41)37-27-18-28(36-31-19-26(34-22-35-31)24-21-33-25-9-5-4-8-23(24)25)30(42-2)20-29(27)40-16-14-39(15-17-40)13-12-38-10-6-7-11-38/h3-5,8-9,18-22,33H,1,6-7,10-17H2,2H3,(H,37,41)(H,34,35,36). The third-order valence-electron chi connectivity index (χ3n) is 8.20. The van der Waals surface area contributed by atoms with Gasteiger partial charge in [-0.15, -0.1) is 0 Å². The molecule has 2 aliphatic rings. The molecule has 2 aliphatic heterocycles. The summed E-state index contributed by atoms with van der Waals surface area (Å²) in [6, 6.07) is 13.9. The van der Waals surface area contributed by atoms with Crippen LogP contribution in [0.3, 0.4) is 0 Å². The number of amides is 1. The van der Waals surface area contributed by atoms with Crippen LogP contribution in [0.15, 0.2) is 67.6 Å². The number of carbonyl (C=O) groups excluding carboxylic acids is 1. The first-order valence-corrected chi connectivity index (χ1v) is 14.6. The molecule has 42 heavy (non-hydrogen) atoms. The molecule has 0 unspecified atom stereocenters. The number of benzene rings is 2. The summed E-state index contributed by atoms with van der Waals surface area (Å²) in [6.07, 6.45) is 7.44. The van der Waals surface area contributed by atoms with Crippen LogP contribution in [-0.4, -0.2) is 90.1 Å². The molecule has 6 rings (SSSR count). The number of anilines is 4. The molecule has 0 spiro atoms. The molecule has 1 amide bonds. The van der Waals surface area contributed by atoms with Crippen molar-refractivity contribution in [2.24, 2.45) is 0 Å². The number of para-hydroxylation sites is 1. The number of H-pyrrole nitrogens is 1. The van der Waals surface area contributed by atoms with Crippen molar-refractivity contribution < 1.29 is 9.53 Å². The number of hydrogen-bond acceptors (Lipinski definition) is 8. The topological polar surface area (TPSA) is 102 Å². The number of aromatic nitrogens is 3. The molecule has 2 saturated heterocycles. The van der Waals surface area contributed by atoms with Gasteiger partial charge in [0.15, 0.2) is 0 Å². The molecule has 0 radical (unpaired) electrons. The van der Waals surface area contributed by atoms with Gasteiger partial charge in [-0.05, 0) is 44.1 Å². The minimum Gasteiger partial charge on any atom is -0.494 e. The van der Waals surface area contributed by atoms with Crippen LogP contribution in [0, 0.1) is 0 Å². The number of piperazine rings is 1. The van der Waals surface area contributed by atoms with E-state index in [2.05, 4.69) is 52.9 Å². The van der Waals surface area contributed by atoms with E-state index in [9.17, 15) is 4.79 Å². The molecule has 4 aromatic rings. The van der Waals surface area contributed by atoms with Crippen LogP contribution in [-0.2, 0) is 4.79 Å². The smallest absolute Gasteiger partial charge is 0.247 e. The number of aromatic amines is 1. The lowest BCUT2D eigenvalue weighted by Gasteiger charge is -2.37. The molecule has 218 valence electrons. The largest absolute Gasteiger partial charge is 0.494 e. The Morgan fingerprint density at radius 1 is 1.00 bits per heavy atom. The van der Waals surface area contributed by atoms with Crippen molar-refractivity contribution in [1.82, 2.24) is 24.8 Å². The number of nitrogens with zero attached hydrogens (tertiary/aromatic N) is 5. The lowest BCUT2D eigenvalue weighted by atomic mass is 10.1. The highest BCUT2D eigenvalue weighted by Gasteiger charge is 2.23. The Bertz CT molecular complexity index is 1550. The van der Waals surface area contributed by atoms with Gasteiger partial charge >= 0.3 is 0 Å². The van der Waals surface area contributed by atoms with Gasteiger partial charge in [-0.2, -0.15) is 0 Å². The first-order chi connectivity index (χ1) is 20.6. The number of nitrogens with one attached hydrogen (secondary N) is 3. The second-order valence-corrected chi connectivity index (χ2v) is 10.8. The third-order valence-corrected chi connectivity index (χ3v) is 8.20. The van der Waals surface area contributed by atoms with Crippen molar-refractivity contribution in [3.8, 4) is 17.0 Å². The van der Waals surface area contributed by atoms with E-state index >= 15 is 0 Å². The van der Waals surface area contributed by atoms with Gasteiger partial charge in [0.2, 0.25) is 5.91 Å². The summed E-state index contributed by atoms with van der Waals surface area (Å²) in [5, 5.41) is 7.49. The van der Waals surface area contributed by atoms with E-state index in [4.69, 9.17) is 4.74 Å². The summed E-state index contributed by atoms with van der Waals surface area (Å²) in [7, 11) is 1.65. The fraction of sp³-hybridized carbons (Fsp3) is 0.344. The second kappa shape index (κ2) is 12.6. The summed E-state index contributed by atoms with van der Waals surface area (Å²) >= 11 is 0. The molecule has 2 aromatic heterocycles. The maximum Gasteiger partial charge on any atom is 0.247 e. The molecule has 0 saturated carbocycles. The third kappa shape index (κ3) is 6.09. The number of fused-ring (bicyclic) bond motifs is 1. The Hall–Kier alpha value is -4.41. The van der Waals surface area contributed by atoms with Gasteiger partial charge in [0, 0.05) is 74.1 Å². The average molecular weight is 567 g/mol. The van der Waals surface area contributed by atoms with Crippen molar-refractivity contribution in [2.45, 2.75) is 12.8 Å². The number of carbonyl (C=O) groups is 1. The maximum atomic E-state index is 12.5. The first kappa shape index (κ1) is 27.7. The van der Waals surface area contributed by atoms with Gasteiger partial charge in [-0.1, -0.05) is 24.8 Å². The molecule has 0 bridgehead atoms. The van der Waals surface area contributed by atoms with Crippen LogP contribution >= 0.6 is 0 Å². The number of likely N-dealkylation sites (tertiary alicyclic amines) is 1. The van der Waals surface area contributed by atoms with E-state index in [0.29, 0.717) is 22.9 Å². The molecule has 0 aliphatic carbocycles. The quantitative estimate of drug-likeness (QED) is 0.237. The van der Waals surface area contributed by atoms with Crippen LogP contribution in [0.1, 0.15) is 12.8 Å². The SMILES string of the molecule is C=CC(=O)Nc1cc(Nc2cc(-c3c[nH]c4ccccc34)ncn2)c(OC)cc1N1CCN(CCN2CCCC2)CC1. The van der Waals surface area contributed by atoms with Crippen molar-refractivity contribution >= 4 is 39.7 Å². The van der Waals surface area contributed by atoms with Crippen molar-refractivity contribution in [1.29, 1.82) is 0 Å². The van der Waals surface area contributed by atoms with Gasteiger partial charge < -0.3 is 30.2 Å². The summed E-state index contributed by atoms with van der Waals surface area (Å²) in [6.45, 7) is 12.0. The van der Waals surface area contributed by atoms with E-state index in [0.717, 1.165) is 67.1 Å². The van der Waals surface area contributed by atoms with Crippen LogP contribution in [0.2, 0.25) is 0 Å². The average Bonchev–Trinajstić information content (AvgIpc) is 3.71. The highest BCUT2D eigenvalue weighted by atomic mass is 16.5. The molecule has 10 nitrogen and oxygen atoms in total. The molecule has 0 atom stereocenters. The zero-order valence-corrected chi connectivity index (χ0v) is 24.1. The Labute approximate surface area is 246 Å². The lowest BCUT2D eigenvalue weighted by molar-refractivity contribution is -0.111. The van der Waals surface area contributed by atoms with Crippen molar-refractivity contribution in [3.63, 3.8) is 0 Å². The normalized spacial score (nSPS) is 16.1. The summed E-state index contributed by atoms with van der Waals surface area (Å²) in [5.41, 5.74) is 5.15. The van der Waals surface area contributed by atoms with Crippen LogP contribution in [0.25, 0.3) is 22.2 Å². The first-order valence-electron chi connectivity index (χ1n) is 14.6. The number of hydrogen-bond donors (Lipinski definition) is 3. The molecule has 2 aromatic carbocycles. The van der Waals surface area contributed by atoms with Crippen molar-refractivity contribution in [3.05, 3.63) is 67.6 Å². The predicted octanol–water partition coefficient (Wildman–Crippen LogP) is 4.72. The fourth-order valence-corrected chi connectivity index (χ4v) is 5.88. The van der Waals surface area contributed by atoms with E-state index in [1.54, 1.807) is 13.4 Å².